The Labute approximate surface area is 251 Å². The highest BCUT2D eigenvalue weighted by atomic mass is 32.2. The predicted molar refractivity (Wildman–Crippen MR) is 160 cm³/mol. The van der Waals surface area contributed by atoms with Crippen LogP contribution in [0.3, 0.4) is 0 Å². The molecule has 1 aliphatic rings. The molecule has 3 N–H and O–H groups in total. The lowest BCUT2D eigenvalue weighted by molar-refractivity contribution is -0.0119. The van der Waals surface area contributed by atoms with Crippen molar-refractivity contribution < 1.29 is 37.3 Å². The van der Waals surface area contributed by atoms with Crippen LogP contribution in [-0.2, 0) is 21.2 Å². The molecule has 12 heteroatoms. The van der Waals surface area contributed by atoms with Gasteiger partial charge < -0.3 is 19.7 Å². The van der Waals surface area contributed by atoms with Gasteiger partial charge in [0, 0.05) is 24.8 Å². The third-order valence-electron chi connectivity index (χ3n) is 7.13. The Kier molecular flexibility index (Phi) is 10.7. The first kappa shape index (κ1) is 32.4. The van der Waals surface area contributed by atoms with Crippen molar-refractivity contribution in [3.8, 4) is 5.75 Å². The number of carbonyl (C=O) groups excluding carboxylic acids is 1. The molecule has 1 amide bonds. The molecule has 4 atom stereocenters. The van der Waals surface area contributed by atoms with E-state index in [1.807, 2.05) is 44.2 Å². The third kappa shape index (κ3) is 8.30. The molecule has 0 bridgehead atoms. The highest BCUT2D eigenvalue weighted by molar-refractivity contribution is 7.89. The molecule has 0 radical (unpaired) electrons. The largest absolute Gasteiger partial charge is 0.497 e. The number of aliphatic hydroxyl groups is 2. The van der Waals surface area contributed by atoms with E-state index in [-0.39, 0.29) is 36.9 Å². The number of anilines is 1. The van der Waals surface area contributed by atoms with Crippen LogP contribution in [0, 0.1) is 11.7 Å². The molecule has 3 aromatic carbocycles. The number of ether oxygens (including phenoxy) is 2. The molecule has 1 aliphatic heterocycles. The normalized spacial score (nSPS) is 17.6. The van der Waals surface area contributed by atoms with Crippen molar-refractivity contribution in [1.29, 1.82) is 0 Å². The van der Waals surface area contributed by atoms with E-state index in [9.17, 15) is 27.8 Å². The summed E-state index contributed by atoms with van der Waals surface area (Å²) < 4.78 is 52.5. The van der Waals surface area contributed by atoms with Gasteiger partial charge in [0.05, 0.1) is 24.7 Å². The number of benzene rings is 3. The van der Waals surface area contributed by atoms with Crippen LogP contribution in [-0.4, -0.2) is 80.3 Å². The predicted octanol–water partition coefficient (Wildman–Crippen LogP) is 3.39. The summed E-state index contributed by atoms with van der Waals surface area (Å²) in [6.45, 7) is 3.65. The molecule has 3 aromatic rings. The molecule has 1 heterocycles. The standard InChI is InChI=1S/C31H38FN3O7S/c1-21(2)18-34(43(39,40)26-15-13-25(41-3)14-16-26)19-28(36)27(17-22-7-5-4-6-8-22)33-30(37)29-20-35(31(38)42-29)24-11-9-23(32)10-12-24/h4-16,21,27-30,33,36-37H,17-20H2,1-3H3/t27-,28+,29-,30?/m0/s1. The molecule has 0 spiro atoms. The van der Waals surface area contributed by atoms with Gasteiger partial charge in [0.25, 0.3) is 0 Å². The minimum Gasteiger partial charge on any atom is -0.497 e. The van der Waals surface area contributed by atoms with Crippen molar-refractivity contribution in [2.75, 3.05) is 31.6 Å². The van der Waals surface area contributed by atoms with Gasteiger partial charge in [-0.25, -0.2) is 17.6 Å². The lowest BCUT2D eigenvalue weighted by Gasteiger charge is -2.32. The maximum absolute atomic E-state index is 13.7. The van der Waals surface area contributed by atoms with Crippen molar-refractivity contribution in [3.63, 3.8) is 0 Å². The second-order valence-electron chi connectivity index (χ2n) is 10.9. The molecule has 0 aromatic heterocycles. The number of rotatable bonds is 14. The number of nitrogens with one attached hydrogen (secondary N) is 1. The van der Waals surface area contributed by atoms with Gasteiger partial charge >= 0.3 is 6.09 Å². The Morgan fingerprint density at radius 3 is 2.28 bits per heavy atom. The molecule has 1 fully saturated rings. The molecule has 4 rings (SSSR count). The summed E-state index contributed by atoms with van der Waals surface area (Å²) in [7, 11) is -2.50. The lowest BCUT2D eigenvalue weighted by atomic mass is 10.00. The van der Waals surface area contributed by atoms with Crippen LogP contribution >= 0.6 is 0 Å². The monoisotopic (exact) mass is 615 g/mol. The number of amides is 1. The molecule has 10 nitrogen and oxygen atoms in total. The molecular formula is C31H38FN3O7S. The number of carbonyl (C=O) groups is 1. The van der Waals surface area contributed by atoms with E-state index in [4.69, 9.17) is 9.47 Å². The quantitative estimate of drug-likeness (QED) is 0.236. The first-order valence-corrected chi connectivity index (χ1v) is 15.5. The molecule has 43 heavy (non-hydrogen) atoms. The average molecular weight is 616 g/mol. The van der Waals surface area contributed by atoms with Gasteiger partial charge in [-0.3, -0.25) is 10.2 Å². The Morgan fingerprint density at radius 2 is 1.67 bits per heavy atom. The topological polar surface area (TPSA) is 129 Å². The van der Waals surface area contributed by atoms with Crippen LogP contribution in [0.2, 0.25) is 0 Å². The fourth-order valence-corrected chi connectivity index (χ4v) is 6.51. The molecule has 0 aliphatic carbocycles. The number of sulfonamides is 1. The maximum atomic E-state index is 13.7. The summed E-state index contributed by atoms with van der Waals surface area (Å²) in [6.07, 6.45) is -4.11. The summed E-state index contributed by atoms with van der Waals surface area (Å²) in [4.78, 5) is 13.9. The summed E-state index contributed by atoms with van der Waals surface area (Å²) >= 11 is 0. The summed E-state index contributed by atoms with van der Waals surface area (Å²) in [6, 6.07) is 19.8. The van der Waals surface area contributed by atoms with Gasteiger partial charge in [-0.1, -0.05) is 44.2 Å². The van der Waals surface area contributed by atoms with E-state index < -0.39 is 46.4 Å². The van der Waals surface area contributed by atoms with Crippen LogP contribution in [0.15, 0.2) is 83.8 Å². The van der Waals surface area contributed by atoms with E-state index >= 15 is 0 Å². The van der Waals surface area contributed by atoms with Gasteiger partial charge in [-0.15, -0.1) is 0 Å². The van der Waals surface area contributed by atoms with Crippen LogP contribution in [0.4, 0.5) is 14.9 Å². The van der Waals surface area contributed by atoms with Gasteiger partial charge in [-0.2, -0.15) is 4.31 Å². The zero-order valence-electron chi connectivity index (χ0n) is 24.3. The number of aliphatic hydroxyl groups excluding tert-OH is 2. The second-order valence-corrected chi connectivity index (χ2v) is 12.8. The SMILES string of the molecule is COc1ccc(S(=O)(=O)N(CC(C)C)C[C@@H](O)[C@H](Cc2ccccc2)NC(O)[C@@H]2CN(c3ccc(F)cc3)C(=O)O2)cc1. The molecule has 1 unspecified atom stereocenters. The van der Waals surface area contributed by atoms with E-state index in [1.165, 1.54) is 52.7 Å². The molecule has 0 saturated carbocycles. The summed E-state index contributed by atoms with van der Waals surface area (Å²) in [5.74, 6) is 0.0237. The first-order valence-electron chi connectivity index (χ1n) is 14.0. The van der Waals surface area contributed by atoms with Crippen molar-refractivity contribution >= 4 is 21.8 Å². The summed E-state index contributed by atoms with van der Waals surface area (Å²) in [5, 5.41) is 25.6. The van der Waals surface area contributed by atoms with E-state index in [2.05, 4.69) is 5.32 Å². The highest BCUT2D eigenvalue weighted by Crippen LogP contribution is 2.25. The Balaban J connectivity index is 1.54. The van der Waals surface area contributed by atoms with Crippen LogP contribution in [0.1, 0.15) is 19.4 Å². The van der Waals surface area contributed by atoms with Crippen LogP contribution in [0.5, 0.6) is 5.75 Å². The Hall–Kier alpha value is -3.55. The zero-order valence-corrected chi connectivity index (χ0v) is 25.2. The van der Waals surface area contributed by atoms with Crippen molar-refractivity contribution in [3.05, 3.63) is 90.2 Å². The van der Waals surface area contributed by atoms with E-state index in [0.717, 1.165) is 5.56 Å². The maximum Gasteiger partial charge on any atom is 0.414 e. The zero-order chi connectivity index (χ0) is 31.1. The second kappa shape index (κ2) is 14.3. The van der Waals surface area contributed by atoms with Gasteiger partial charge in [0.1, 0.15) is 17.8 Å². The van der Waals surface area contributed by atoms with Gasteiger partial charge in [0.15, 0.2) is 6.10 Å². The lowest BCUT2D eigenvalue weighted by Crippen LogP contribution is -2.55. The Bertz CT molecular complexity index is 1440. The fraction of sp³-hybridized carbons (Fsp3) is 0.387. The number of methoxy groups -OCH3 is 1. The minimum atomic E-state index is -3.99. The number of cyclic esters (lactones) is 1. The number of hydrogen-bond acceptors (Lipinski definition) is 8. The molecule has 1 saturated heterocycles. The average Bonchev–Trinajstić information content (AvgIpc) is 3.38. The van der Waals surface area contributed by atoms with Crippen LogP contribution < -0.4 is 15.0 Å². The van der Waals surface area contributed by atoms with Crippen molar-refractivity contribution in [1.82, 2.24) is 9.62 Å². The highest BCUT2D eigenvalue weighted by Gasteiger charge is 2.39. The first-order chi connectivity index (χ1) is 20.5. The third-order valence-corrected chi connectivity index (χ3v) is 8.98. The molecule has 232 valence electrons. The van der Waals surface area contributed by atoms with Crippen LogP contribution in [0.25, 0.3) is 0 Å². The van der Waals surface area contributed by atoms with Crippen molar-refractivity contribution in [2.45, 2.75) is 49.6 Å². The molecular weight excluding hydrogens is 577 g/mol. The number of halogens is 1. The van der Waals surface area contributed by atoms with Gasteiger partial charge in [-0.05, 0) is 66.4 Å². The van der Waals surface area contributed by atoms with E-state index in [0.29, 0.717) is 11.4 Å². The fourth-order valence-electron chi connectivity index (χ4n) is 4.89. The number of hydrogen-bond donors (Lipinski definition) is 3. The summed E-state index contributed by atoms with van der Waals surface area (Å²) in [5.41, 5.74) is 1.26. The van der Waals surface area contributed by atoms with Crippen molar-refractivity contribution in [2.24, 2.45) is 5.92 Å². The minimum absolute atomic E-state index is 0.0158. The Morgan fingerprint density at radius 1 is 1.02 bits per heavy atom. The van der Waals surface area contributed by atoms with Gasteiger partial charge in [0.2, 0.25) is 10.0 Å². The number of nitrogens with zero attached hydrogens (tertiary/aromatic N) is 2. The van der Waals surface area contributed by atoms with E-state index in [1.54, 1.807) is 12.1 Å². The smallest absolute Gasteiger partial charge is 0.414 e.